The summed E-state index contributed by atoms with van der Waals surface area (Å²) in [5, 5.41) is 2.05. The van der Waals surface area contributed by atoms with E-state index in [0.29, 0.717) is 6.67 Å². The molecular formula is C30H63N2Y11-3. The van der Waals surface area contributed by atoms with E-state index >= 15 is 0 Å². The monoisotopic (exact) mass is 1430 g/mol. The Balaban J connectivity index is -0.00000000801. The van der Waals surface area contributed by atoms with Crippen LogP contribution in [0.25, 0.3) is 0 Å². The van der Waals surface area contributed by atoms with E-state index in [9.17, 15) is 0 Å². The molecule has 1 heterocycles. The van der Waals surface area contributed by atoms with Gasteiger partial charge in [0.1, 0.15) is 6.67 Å². The van der Waals surface area contributed by atoms with Crippen LogP contribution in [0, 0.1) is 22.3 Å². The zero-order valence-electron chi connectivity index (χ0n) is 31.7. The van der Waals surface area contributed by atoms with E-state index < -0.39 is 0 Å². The summed E-state index contributed by atoms with van der Waals surface area (Å²) < 4.78 is 0. The molecule has 43 heavy (non-hydrogen) atoms. The fraction of sp³-hybridized carbons (Fsp3) is 0.500. The van der Waals surface area contributed by atoms with Gasteiger partial charge in [-0.25, -0.2) is 0 Å². The first-order chi connectivity index (χ1) is 14.5. The van der Waals surface area contributed by atoms with Crippen LogP contribution in [0.3, 0.4) is 0 Å². The zero-order valence-corrected chi connectivity index (χ0v) is 62.9. The first-order valence-corrected chi connectivity index (χ1v) is 11.9. The second-order valence-electron chi connectivity index (χ2n) is 3.10. The Morgan fingerprint density at radius 3 is 0.581 bits per heavy atom. The average Bonchev–Trinajstić information content (AvgIpc) is 3.38. The average molecular weight is 1430 g/mol. The van der Waals surface area contributed by atoms with Crippen molar-refractivity contribution in [1.29, 1.82) is 0 Å². The topological polar surface area (TPSA) is 24.7 Å². The van der Waals surface area contributed by atoms with E-state index in [-0.39, 0.29) is 382 Å². The normalized spacial score (nSPS) is 4.98. The molecule has 3 rings (SSSR count). The Morgan fingerprint density at radius 2 is 0.442 bits per heavy atom. The Morgan fingerprint density at radius 1 is 0.302 bits per heavy atom. The Bertz CT molecular complexity index is 496. The third kappa shape index (κ3) is 119. The SMILES string of the molecule is CC.CC.CC.CC.CC.CC.CC.[CH3-].[CH3-].[CH3-].[Y].[Y].[Y].[Y].[Y].[Y].[Y].[Y].[Y].[Y].[Y].c1ccc2c(c1)=NCN=2.c1ccccc1. The van der Waals surface area contributed by atoms with Crippen molar-refractivity contribution in [2.45, 2.75) is 96.9 Å². The molecule has 0 spiro atoms. The van der Waals surface area contributed by atoms with Crippen molar-refractivity contribution in [2.75, 3.05) is 6.67 Å². The van der Waals surface area contributed by atoms with Gasteiger partial charge in [0.05, 0.1) is 10.7 Å². The van der Waals surface area contributed by atoms with E-state index in [2.05, 4.69) is 9.98 Å². The maximum atomic E-state index is 4.13. The molecule has 0 atom stereocenters. The summed E-state index contributed by atoms with van der Waals surface area (Å²) in [6.45, 7) is 28.6. The first kappa shape index (κ1) is 132. The van der Waals surface area contributed by atoms with Crippen molar-refractivity contribution in [3.63, 3.8) is 0 Å². The third-order valence-corrected chi connectivity index (χ3v) is 2.03. The minimum absolute atomic E-state index is 0. The molecule has 0 fully saturated rings. The molecule has 0 N–H and O–H groups in total. The molecule has 0 amide bonds. The standard InChI is InChI=1S/C7H6N2.C6H6.7C2H6.3CH3.11Y/c1-2-4-7-6(3-1)8-5-9-7;1-2-4-6-5-3-1;7*1-2;;;;;;;;;;;;;;/h1-4H,5H2;1-6H;7*1-2H3;3*1H3;;;;;;;;;;;/q;;;;;;;;;3*-1;;;;;;;;;;;. The molecule has 0 aliphatic carbocycles. The predicted octanol–water partition coefficient (Wildman–Crippen LogP) is 10.1. The second-order valence-corrected chi connectivity index (χ2v) is 3.10. The van der Waals surface area contributed by atoms with Crippen LogP contribution >= 0.6 is 0 Å². The molecule has 1 aliphatic heterocycles. The van der Waals surface area contributed by atoms with Crippen molar-refractivity contribution in [1.82, 2.24) is 0 Å². The molecule has 11 radical (unpaired) electrons. The predicted molar refractivity (Wildman–Crippen MR) is 159 cm³/mol. The number of para-hydroxylation sites is 2. The van der Waals surface area contributed by atoms with E-state index in [1.807, 2.05) is 158 Å². The molecule has 0 saturated heterocycles. The molecule has 0 bridgehead atoms. The van der Waals surface area contributed by atoms with E-state index in [4.69, 9.17) is 0 Å². The van der Waals surface area contributed by atoms with Crippen LogP contribution in [-0.2, 0) is 360 Å². The van der Waals surface area contributed by atoms with Crippen molar-refractivity contribution in [2.24, 2.45) is 9.98 Å². The molecular weight excluding hydrogens is 1370 g/mol. The van der Waals surface area contributed by atoms with Gasteiger partial charge >= 0.3 is 0 Å². The van der Waals surface area contributed by atoms with Crippen LogP contribution < -0.4 is 10.7 Å². The molecule has 2 aromatic carbocycles. The molecule has 0 aromatic heterocycles. The molecule has 2 aromatic rings. The number of benzene rings is 2. The molecule has 2 nitrogen and oxygen atoms in total. The van der Waals surface area contributed by atoms with E-state index in [0.717, 1.165) is 10.7 Å². The van der Waals surface area contributed by atoms with Gasteiger partial charge in [0.15, 0.2) is 0 Å². The number of rotatable bonds is 0. The first-order valence-electron chi connectivity index (χ1n) is 11.9. The Labute approximate surface area is 552 Å². The van der Waals surface area contributed by atoms with Crippen LogP contribution in [0.5, 0.6) is 0 Å². The fourth-order valence-electron chi connectivity index (χ4n) is 1.30. The minimum Gasteiger partial charge on any atom is -0.358 e. The van der Waals surface area contributed by atoms with E-state index in [1.165, 1.54) is 0 Å². The molecule has 13 heteroatoms. The molecule has 0 unspecified atom stereocenters. The zero-order chi connectivity index (χ0) is 24.3. The van der Waals surface area contributed by atoms with Gasteiger partial charge in [-0.15, -0.1) is 0 Å². The summed E-state index contributed by atoms with van der Waals surface area (Å²) >= 11 is 0. The smallest absolute Gasteiger partial charge is 0.130 e. The maximum Gasteiger partial charge on any atom is 0.130 e. The largest absolute Gasteiger partial charge is 0.358 e. The summed E-state index contributed by atoms with van der Waals surface area (Å²) in [4.78, 5) is 8.27. The van der Waals surface area contributed by atoms with Crippen molar-refractivity contribution in [3.8, 4) is 0 Å². The summed E-state index contributed by atoms with van der Waals surface area (Å²) in [5.74, 6) is 0. The quantitative estimate of drug-likeness (QED) is 0.235. The van der Waals surface area contributed by atoms with Crippen LogP contribution in [0.15, 0.2) is 70.6 Å². The number of hydrogen-bond donors (Lipinski definition) is 0. The van der Waals surface area contributed by atoms with Gasteiger partial charge in [0.25, 0.3) is 0 Å². The van der Waals surface area contributed by atoms with E-state index in [1.54, 1.807) is 0 Å². The van der Waals surface area contributed by atoms with Crippen molar-refractivity contribution < 1.29 is 360 Å². The summed E-state index contributed by atoms with van der Waals surface area (Å²) in [5.41, 5.74) is 0. The molecule has 229 valence electrons. The van der Waals surface area contributed by atoms with Crippen LogP contribution in [-0.4, -0.2) is 6.67 Å². The minimum atomic E-state index is 0. The summed E-state index contributed by atoms with van der Waals surface area (Å²) in [6.07, 6.45) is 0. The van der Waals surface area contributed by atoms with Gasteiger partial charge in [-0.2, -0.15) is 0 Å². The fourth-order valence-corrected chi connectivity index (χ4v) is 1.30. The number of nitrogens with zero attached hydrogens (tertiary/aromatic N) is 2. The number of hydrogen-bond acceptors (Lipinski definition) is 2. The number of fused-ring (bicyclic) bond motifs is 1. The van der Waals surface area contributed by atoms with Crippen LogP contribution in [0.4, 0.5) is 0 Å². The van der Waals surface area contributed by atoms with Crippen molar-refractivity contribution >= 4 is 0 Å². The second kappa shape index (κ2) is 161. The van der Waals surface area contributed by atoms with Gasteiger partial charge in [-0.1, -0.05) is 145 Å². The van der Waals surface area contributed by atoms with Gasteiger partial charge in [0.2, 0.25) is 0 Å². The van der Waals surface area contributed by atoms with Crippen LogP contribution in [0.1, 0.15) is 96.9 Å². The molecule has 1 aliphatic rings. The van der Waals surface area contributed by atoms with Crippen LogP contribution in [0.2, 0.25) is 0 Å². The maximum absolute atomic E-state index is 4.13. The molecule has 0 saturated carbocycles. The summed E-state index contributed by atoms with van der Waals surface area (Å²) in [6, 6.07) is 19.9. The van der Waals surface area contributed by atoms with Gasteiger partial charge in [-0.3, -0.25) is 9.98 Å². The Hall–Kier alpha value is 10.2. The Kier molecular flexibility index (Phi) is 491. The van der Waals surface area contributed by atoms with Gasteiger partial charge < -0.3 is 22.3 Å². The van der Waals surface area contributed by atoms with Crippen molar-refractivity contribution in [3.05, 3.63) is 93.7 Å². The van der Waals surface area contributed by atoms with Gasteiger partial charge in [0, 0.05) is 360 Å². The summed E-state index contributed by atoms with van der Waals surface area (Å²) in [7, 11) is 0. The third-order valence-electron chi connectivity index (χ3n) is 2.03. The van der Waals surface area contributed by atoms with Gasteiger partial charge in [-0.05, 0) is 12.1 Å².